The lowest BCUT2D eigenvalue weighted by Crippen LogP contribution is -2.62. The molecule has 8 heteroatoms. The van der Waals surface area contributed by atoms with Gasteiger partial charge in [-0.25, -0.2) is 19.8 Å². The second-order valence-electron chi connectivity index (χ2n) is 9.90. The van der Waals surface area contributed by atoms with Crippen molar-refractivity contribution >= 4 is 17.9 Å². The molecule has 0 aliphatic heterocycles. The summed E-state index contributed by atoms with van der Waals surface area (Å²) in [6, 6.07) is 5.52. The Labute approximate surface area is 188 Å². The third-order valence-corrected chi connectivity index (χ3v) is 7.00. The number of amides is 2. The summed E-state index contributed by atoms with van der Waals surface area (Å²) in [6.07, 6.45) is 10.8. The highest BCUT2D eigenvalue weighted by atomic mass is 16.2. The maximum absolute atomic E-state index is 13.1. The summed E-state index contributed by atoms with van der Waals surface area (Å²) in [7, 11) is 0. The van der Waals surface area contributed by atoms with Crippen LogP contribution in [0.25, 0.3) is 0 Å². The van der Waals surface area contributed by atoms with Gasteiger partial charge in [-0.3, -0.25) is 15.6 Å². The minimum absolute atomic E-state index is 0.0658. The Hall–Kier alpha value is -3.03. The van der Waals surface area contributed by atoms with E-state index in [0.717, 1.165) is 54.0 Å². The molecule has 2 aromatic rings. The summed E-state index contributed by atoms with van der Waals surface area (Å²) >= 11 is 0. The first kappa shape index (κ1) is 20.8. The quantitative estimate of drug-likeness (QED) is 0.503. The largest absolute Gasteiger partial charge is 0.332 e. The topological polar surface area (TPSA) is 104 Å². The van der Waals surface area contributed by atoms with Crippen LogP contribution < -0.4 is 16.0 Å². The summed E-state index contributed by atoms with van der Waals surface area (Å²) in [5.74, 6) is 3.05. The van der Waals surface area contributed by atoms with Crippen LogP contribution in [0, 0.1) is 31.6 Å². The summed E-state index contributed by atoms with van der Waals surface area (Å²) in [5, 5.41) is 9.38. The molecule has 0 unspecified atom stereocenters. The smallest absolute Gasteiger partial charge is 0.321 e. The normalized spacial score (nSPS) is 28.4. The number of aromatic nitrogens is 3. The number of aryl methyl sites for hydroxylation is 2. The number of aliphatic imine (C=N–C) groups is 1. The van der Waals surface area contributed by atoms with E-state index < -0.39 is 0 Å². The van der Waals surface area contributed by atoms with E-state index in [2.05, 4.69) is 35.9 Å². The van der Waals surface area contributed by atoms with Crippen LogP contribution in [0.1, 0.15) is 55.5 Å². The molecule has 32 heavy (non-hydrogen) atoms. The average Bonchev–Trinajstić information content (AvgIpc) is 2.70. The molecule has 0 saturated heterocycles. The van der Waals surface area contributed by atoms with Crippen LogP contribution in [0.4, 0.5) is 10.7 Å². The molecule has 4 bridgehead atoms. The highest BCUT2D eigenvalue weighted by Gasteiger charge is 2.51. The van der Waals surface area contributed by atoms with E-state index in [0.29, 0.717) is 18.5 Å². The van der Waals surface area contributed by atoms with Crippen LogP contribution in [0.5, 0.6) is 0 Å². The first-order chi connectivity index (χ1) is 15.4. The van der Waals surface area contributed by atoms with Crippen molar-refractivity contribution < 1.29 is 4.79 Å². The zero-order valence-corrected chi connectivity index (χ0v) is 18.8. The van der Waals surface area contributed by atoms with E-state index >= 15 is 0 Å². The Morgan fingerprint density at radius 3 is 2.34 bits per heavy atom. The highest BCUT2D eigenvalue weighted by molar-refractivity contribution is 6.03. The molecule has 6 rings (SSSR count). The molecule has 2 aromatic heterocycles. The molecular weight excluding hydrogens is 402 g/mol. The first-order valence-corrected chi connectivity index (χ1v) is 11.6. The van der Waals surface area contributed by atoms with Gasteiger partial charge >= 0.3 is 6.03 Å². The predicted octanol–water partition coefficient (Wildman–Crippen LogP) is 3.72. The molecule has 4 aliphatic rings. The van der Waals surface area contributed by atoms with Gasteiger partial charge in [0.1, 0.15) is 0 Å². The number of nitrogens with zero attached hydrogens (tertiary/aromatic N) is 4. The zero-order valence-electron chi connectivity index (χ0n) is 18.8. The van der Waals surface area contributed by atoms with E-state index in [1.165, 1.54) is 19.3 Å². The molecule has 4 saturated carbocycles. The summed E-state index contributed by atoms with van der Waals surface area (Å²) in [4.78, 5) is 30.7. The lowest BCUT2D eigenvalue weighted by molar-refractivity contribution is -0.0132. The average molecular weight is 434 g/mol. The van der Waals surface area contributed by atoms with E-state index in [1.807, 2.05) is 32.0 Å². The Morgan fingerprint density at radius 1 is 1.09 bits per heavy atom. The van der Waals surface area contributed by atoms with E-state index in [1.54, 1.807) is 12.4 Å². The van der Waals surface area contributed by atoms with Gasteiger partial charge in [-0.1, -0.05) is 6.07 Å². The summed E-state index contributed by atoms with van der Waals surface area (Å²) in [6.45, 7) is 4.22. The van der Waals surface area contributed by atoms with Crippen molar-refractivity contribution in [3.05, 3.63) is 47.5 Å². The van der Waals surface area contributed by atoms with Gasteiger partial charge in [0.2, 0.25) is 11.9 Å². The molecule has 0 radical (unpaired) electrons. The lowest BCUT2D eigenvalue weighted by atomic mass is 9.53. The molecule has 8 nitrogen and oxygen atoms in total. The van der Waals surface area contributed by atoms with Crippen molar-refractivity contribution in [1.82, 2.24) is 25.6 Å². The van der Waals surface area contributed by atoms with Crippen LogP contribution >= 0.6 is 0 Å². The molecule has 3 N–H and O–H groups in total. The maximum atomic E-state index is 13.1. The van der Waals surface area contributed by atoms with Gasteiger partial charge in [0.05, 0.1) is 6.54 Å². The number of hydrogen-bond donors (Lipinski definition) is 3. The number of anilines is 1. The molecule has 0 aromatic carbocycles. The monoisotopic (exact) mass is 433 g/mol. The molecule has 0 atom stereocenters. The van der Waals surface area contributed by atoms with Gasteiger partial charge in [-0.2, -0.15) is 0 Å². The number of urea groups is 1. The van der Waals surface area contributed by atoms with Crippen LogP contribution in [-0.4, -0.2) is 32.5 Å². The van der Waals surface area contributed by atoms with Gasteiger partial charge in [0.25, 0.3) is 0 Å². The van der Waals surface area contributed by atoms with Gasteiger partial charge in [0.15, 0.2) is 0 Å². The SMILES string of the molecule is Cc1cc(C)nc(NC(=NCc2cccnc2)NC(=O)NC23CC4CC(CC(C4)C2)C3)n1. The standard InChI is InChI=1S/C24H31N7O/c1-15-6-16(2)28-22(27-15)29-21(26-14-17-4-3-5-25-13-17)30-23(32)31-24-10-18-7-19(11-24)9-20(8-18)12-24/h3-6,13,18-20H,7-12,14H2,1-2H3,(H3,26,27,28,29,30,31,32). The number of carbonyl (C=O) groups excluding carboxylic acids is 1. The molecule has 4 aliphatic carbocycles. The van der Waals surface area contributed by atoms with Crippen molar-refractivity contribution in [2.45, 2.75) is 64.5 Å². The van der Waals surface area contributed by atoms with Gasteiger partial charge < -0.3 is 5.32 Å². The van der Waals surface area contributed by atoms with E-state index in [9.17, 15) is 4.79 Å². The molecule has 2 amide bonds. The minimum atomic E-state index is -0.214. The fourth-order valence-corrected chi connectivity index (χ4v) is 6.30. The number of hydrogen-bond acceptors (Lipinski definition) is 5. The fraction of sp³-hybridized carbons (Fsp3) is 0.542. The van der Waals surface area contributed by atoms with Gasteiger partial charge in [0, 0.05) is 29.3 Å². The Morgan fingerprint density at radius 2 is 1.75 bits per heavy atom. The van der Waals surface area contributed by atoms with Crippen molar-refractivity contribution in [1.29, 1.82) is 0 Å². The van der Waals surface area contributed by atoms with Crippen LogP contribution in [-0.2, 0) is 6.54 Å². The van der Waals surface area contributed by atoms with Crippen LogP contribution in [0.2, 0.25) is 0 Å². The Balaban J connectivity index is 1.31. The van der Waals surface area contributed by atoms with Crippen molar-refractivity contribution in [2.24, 2.45) is 22.7 Å². The molecule has 2 heterocycles. The maximum Gasteiger partial charge on any atom is 0.321 e. The fourth-order valence-electron chi connectivity index (χ4n) is 6.30. The van der Waals surface area contributed by atoms with Crippen LogP contribution in [0.15, 0.2) is 35.6 Å². The second-order valence-corrected chi connectivity index (χ2v) is 9.90. The van der Waals surface area contributed by atoms with Crippen molar-refractivity contribution in [2.75, 3.05) is 5.32 Å². The third-order valence-electron chi connectivity index (χ3n) is 7.00. The minimum Gasteiger partial charge on any atom is -0.332 e. The Kier molecular flexibility index (Phi) is 5.53. The molecule has 0 spiro atoms. The number of carbonyl (C=O) groups is 1. The first-order valence-electron chi connectivity index (χ1n) is 11.6. The zero-order chi connectivity index (χ0) is 22.1. The number of guanidine groups is 1. The summed E-state index contributed by atoms with van der Waals surface area (Å²) < 4.78 is 0. The van der Waals surface area contributed by atoms with E-state index in [-0.39, 0.29) is 11.6 Å². The molecule has 4 fully saturated rings. The van der Waals surface area contributed by atoms with E-state index in [4.69, 9.17) is 0 Å². The molecular formula is C24H31N7O. The summed E-state index contributed by atoms with van der Waals surface area (Å²) in [5.41, 5.74) is 2.59. The van der Waals surface area contributed by atoms with Gasteiger partial charge in [-0.05, 0) is 87.8 Å². The van der Waals surface area contributed by atoms with Crippen molar-refractivity contribution in [3.8, 4) is 0 Å². The molecule has 168 valence electrons. The number of pyridine rings is 1. The van der Waals surface area contributed by atoms with Crippen LogP contribution in [0.3, 0.4) is 0 Å². The Bertz CT molecular complexity index is 965. The lowest BCUT2D eigenvalue weighted by Gasteiger charge is -2.56. The van der Waals surface area contributed by atoms with Crippen molar-refractivity contribution in [3.63, 3.8) is 0 Å². The van der Waals surface area contributed by atoms with Gasteiger partial charge in [-0.15, -0.1) is 0 Å². The predicted molar refractivity (Wildman–Crippen MR) is 123 cm³/mol. The number of rotatable bonds is 4. The number of nitrogens with one attached hydrogen (secondary N) is 3. The second kappa shape index (κ2) is 8.48. The third kappa shape index (κ3) is 4.74. The highest BCUT2D eigenvalue weighted by Crippen LogP contribution is 2.55.